The van der Waals surface area contributed by atoms with Crippen molar-refractivity contribution < 1.29 is 14.6 Å². The number of aromatic amines is 1. The number of H-pyrrole nitrogens is 1. The van der Waals surface area contributed by atoms with Crippen LogP contribution in [-0.4, -0.2) is 39.4 Å². The molecule has 3 N–H and O–H groups in total. The molecule has 1 amide bonds. The van der Waals surface area contributed by atoms with E-state index in [0.717, 1.165) is 24.1 Å². The van der Waals surface area contributed by atoms with Crippen LogP contribution in [0.15, 0.2) is 18.5 Å². The highest BCUT2D eigenvalue weighted by Gasteiger charge is 2.36. The van der Waals surface area contributed by atoms with Crippen molar-refractivity contribution in [1.29, 1.82) is 0 Å². The molecule has 2 heterocycles. The zero-order valence-electron chi connectivity index (χ0n) is 16.3. The molecule has 0 aliphatic heterocycles. The second-order valence-corrected chi connectivity index (χ2v) is 7.92. The number of nitrogens with one attached hydrogen (secondary N) is 2. The van der Waals surface area contributed by atoms with Crippen molar-refractivity contribution in [2.75, 3.05) is 7.11 Å². The molecular weight excluding hydrogens is 356 g/mol. The molecule has 0 unspecified atom stereocenters. The van der Waals surface area contributed by atoms with Gasteiger partial charge in [0, 0.05) is 24.7 Å². The van der Waals surface area contributed by atoms with Gasteiger partial charge in [0.25, 0.3) is 0 Å². The Balaban J connectivity index is 1.41. The zero-order chi connectivity index (χ0) is 19.5. The summed E-state index contributed by atoms with van der Waals surface area (Å²) in [6.07, 6.45) is 10.1. The third kappa shape index (κ3) is 4.04. The van der Waals surface area contributed by atoms with Gasteiger partial charge in [-0.2, -0.15) is 5.10 Å². The number of aromatic nitrogens is 3. The van der Waals surface area contributed by atoms with Crippen LogP contribution < -0.4 is 10.1 Å². The van der Waals surface area contributed by atoms with Gasteiger partial charge in [0.15, 0.2) is 0 Å². The number of carbonyl (C=O) groups excluding carboxylic acids is 1. The van der Waals surface area contributed by atoms with E-state index in [0.29, 0.717) is 31.4 Å². The minimum atomic E-state index is -0.279. The summed E-state index contributed by atoms with van der Waals surface area (Å²) in [7, 11) is 1.60. The maximum Gasteiger partial charge on any atom is 0.220 e. The van der Waals surface area contributed by atoms with Crippen LogP contribution in [0.2, 0.25) is 0 Å². The van der Waals surface area contributed by atoms with E-state index in [9.17, 15) is 9.90 Å². The van der Waals surface area contributed by atoms with E-state index in [2.05, 4.69) is 20.5 Å². The minimum absolute atomic E-state index is 0.00164. The Bertz CT molecular complexity index is 829. The largest absolute Gasteiger partial charge is 0.495 e. The number of carbonyl (C=O) groups is 1. The number of pyridine rings is 1. The summed E-state index contributed by atoms with van der Waals surface area (Å²) >= 11 is 0. The number of fused-ring (bicyclic) bond motifs is 1. The van der Waals surface area contributed by atoms with Crippen LogP contribution in [0.5, 0.6) is 5.75 Å². The van der Waals surface area contributed by atoms with Crippen LogP contribution in [0.3, 0.4) is 0 Å². The number of aliphatic hydroxyl groups excluding tert-OH is 1. The molecule has 0 spiro atoms. The number of aliphatic hydroxyl groups is 1. The van der Waals surface area contributed by atoms with Gasteiger partial charge in [0.2, 0.25) is 5.91 Å². The summed E-state index contributed by atoms with van der Waals surface area (Å²) in [6, 6.07) is 1.75. The number of hydrogen-bond donors (Lipinski definition) is 3. The van der Waals surface area contributed by atoms with E-state index >= 15 is 0 Å². The summed E-state index contributed by atoms with van der Waals surface area (Å²) in [5.74, 6) is 0.882. The van der Waals surface area contributed by atoms with E-state index in [4.69, 9.17) is 4.74 Å². The normalized spacial score (nSPS) is 22.1. The number of hydrogen-bond acceptors (Lipinski definition) is 5. The van der Waals surface area contributed by atoms with Gasteiger partial charge in [0.1, 0.15) is 5.75 Å². The maximum atomic E-state index is 12.7. The zero-order valence-corrected chi connectivity index (χ0v) is 16.3. The number of rotatable bonds is 7. The van der Waals surface area contributed by atoms with E-state index in [-0.39, 0.29) is 24.0 Å². The van der Waals surface area contributed by atoms with Crippen molar-refractivity contribution in [2.24, 2.45) is 5.92 Å². The van der Waals surface area contributed by atoms with Gasteiger partial charge in [-0.15, -0.1) is 0 Å². The fourth-order valence-electron chi connectivity index (χ4n) is 4.33. The third-order valence-corrected chi connectivity index (χ3v) is 6.00. The first kappa shape index (κ1) is 18.9. The molecule has 0 aromatic carbocycles. The molecule has 2 aromatic rings. The Morgan fingerprint density at radius 1 is 1.36 bits per heavy atom. The molecule has 2 aliphatic rings. The molecule has 150 valence electrons. The Morgan fingerprint density at radius 3 is 2.96 bits per heavy atom. The van der Waals surface area contributed by atoms with E-state index in [1.807, 2.05) is 6.07 Å². The lowest BCUT2D eigenvalue weighted by molar-refractivity contribution is -0.123. The summed E-state index contributed by atoms with van der Waals surface area (Å²) in [5.41, 5.74) is 4.51. The van der Waals surface area contributed by atoms with Crippen LogP contribution in [0.25, 0.3) is 0 Å². The highest BCUT2D eigenvalue weighted by Crippen LogP contribution is 2.38. The highest BCUT2D eigenvalue weighted by molar-refractivity contribution is 5.76. The first-order chi connectivity index (χ1) is 13.6. The molecule has 28 heavy (non-hydrogen) atoms. The molecule has 1 fully saturated rings. The highest BCUT2D eigenvalue weighted by atomic mass is 16.5. The van der Waals surface area contributed by atoms with Gasteiger partial charge in [-0.3, -0.25) is 14.9 Å². The first-order valence-corrected chi connectivity index (χ1v) is 10.2. The van der Waals surface area contributed by atoms with E-state index in [1.54, 1.807) is 19.5 Å². The van der Waals surface area contributed by atoms with Gasteiger partial charge >= 0.3 is 0 Å². The maximum absolute atomic E-state index is 12.7. The predicted molar refractivity (Wildman–Crippen MR) is 104 cm³/mol. The standard InChI is InChI=1S/C21H28N4O3/c1-28-16-10-14(11-22-12-16)21(13-8-15(26)9-13)23-20(27)7-6-19-17-4-2-3-5-18(17)24-25-19/h10-13,15,21,26H,2-9H2,1H3,(H,23,27)(H,24,25)/t13?,15?,21-/m1/s1. The second kappa shape index (κ2) is 8.31. The molecule has 7 nitrogen and oxygen atoms in total. The van der Waals surface area contributed by atoms with Gasteiger partial charge in [-0.1, -0.05) is 0 Å². The fourth-order valence-corrected chi connectivity index (χ4v) is 4.33. The lowest BCUT2D eigenvalue weighted by Crippen LogP contribution is -2.41. The fraction of sp³-hybridized carbons (Fsp3) is 0.571. The lowest BCUT2D eigenvalue weighted by Gasteiger charge is -2.38. The summed E-state index contributed by atoms with van der Waals surface area (Å²) in [6.45, 7) is 0. The summed E-state index contributed by atoms with van der Waals surface area (Å²) < 4.78 is 5.28. The topological polar surface area (TPSA) is 100 Å². The van der Waals surface area contributed by atoms with Crippen LogP contribution >= 0.6 is 0 Å². The summed E-state index contributed by atoms with van der Waals surface area (Å²) in [5, 5.41) is 20.5. The van der Waals surface area contributed by atoms with Gasteiger partial charge in [0.05, 0.1) is 31.1 Å². The Morgan fingerprint density at radius 2 is 2.18 bits per heavy atom. The molecule has 2 aliphatic carbocycles. The SMILES string of the molecule is COc1cncc([C@H](NC(=O)CCc2n[nH]c3c2CCCC3)C2CC(O)C2)c1. The molecule has 0 radical (unpaired) electrons. The van der Waals surface area contributed by atoms with E-state index in [1.165, 1.54) is 24.1 Å². The summed E-state index contributed by atoms with van der Waals surface area (Å²) in [4.78, 5) is 16.9. The van der Waals surface area contributed by atoms with Crippen molar-refractivity contribution >= 4 is 5.91 Å². The van der Waals surface area contributed by atoms with E-state index < -0.39 is 0 Å². The van der Waals surface area contributed by atoms with Gasteiger partial charge in [-0.25, -0.2) is 0 Å². The number of amides is 1. The van der Waals surface area contributed by atoms with Gasteiger partial charge < -0.3 is 15.2 Å². The molecule has 1 atom stereocenters. The predicted octanol–water partition coefficient (Wildman–Crippen LogP) is 2.25. The average Bonchev–Trinajstić information content (AvgIpc) is 3.11. The number of methoxy groups -OCH3 is 1. The average molecular weight is 384 g/mol. The van der Waals surface area contributed by atoms with Crippen LogP contribution in [0, 0.1) is 5.92 Å². The van der Waals surface area contributed by atoms with Crippen LogP contribution in [0.4, 0.5) is 0 Å². The molecule has 1 saturated carbocycles. The molecular formula is C21H28N4O3. The molecule has 2 aromatic heterocycles. The number of ether oxygens (including phenoxy) is 1. The monoisotopic (exact) mass is 384 g/mol. The van der Waals surface area contributed by atoms with Crippen molar-refractivity contribution in [3.8, 4) is 5.75 Å². The second-order valence-electron chi connectivity index (χ2n) is 7.92. The van der Waals surface area contributed by atoms with Crippen molar-refractivity contribution in [2.45, 2.75) is 63.5 Å². The Kier molecular flexibility index (Phi) is 5.62. The first-order valence-electron chi connectivity index (χ1n) is 10.2. The minimum Gasteiger partial charge on any atom is -0.495 e. The van der Waals surface area contributed by atoms with Crippen molar-refractivity contribution in [1.82, 2.24) is 20.5 Å². The van der Waals surface area contributed by atoms with Crippen LogP contribution in [0.1, 0.15) is 60.7 Å². The van der Waals surface area contributed by atoms with Gasteiger partial charge in [-0.05, 0) is 61.6 Å². The molecule has 0 bridgehead atoms. The molecule has 4 rings (SSSR count). The lowest BCUT2D eigenvalue weighted by atomic mass is 9.75. The molecule has 7 heteroatoms. The Labute approximate surface area is 164 Å². The third-order valence-electron chi connectivity index (χ3n) is 6.00. The van der Waals surface area contributed by atoms with Crippen LogP contribution in [-0.2, 0) is 24.1 Å². The van der Waals surface area contributed by atoms with Crippen molar-refractivity contribution in [3.63, 3.8) is 0 Å². The number of nitrogens with zero attached hydrogens (tertiary/aromatic N) is 2. The molecule has 0 saturated heterocycles. The quantitative estimate of drug-likeness (QED) is 0.680. The smallest absolute Gasteiger partial charge is 0.220 e. The number of aryl methyl sites for hydroxylation is 2. The van der Waals surface area contributed by atoms with Crippen molar-refractivity contribution in [3.05, 3.63) is 41.0 Å². The Hall–Kier alpha value is -2.41.